The first-order valence-electron chi connectivity index (χ1n) is 5.79. The molecule has 2 nitrogen and oxygen atoms in total. The lowest BCUT2D eigenvalue weighted by atomic mass is 9.92. The molecular formula is C14H17ClN2. The van der Waals surface area contributed by atoms with Gasteiger partial charge in [-0.2, -0.15) is 5.10 Å². The van der Waals surface area contributed by atoms with E-state index in [1.807, 2.05) is 17.9 Å². The van der Waals surface area contributed by atoms with Crippen LogP contribution < -0.4 is 0 Å². The molecule has 0 amide bonds. The van der Waals surface area contributed by atoms with Crippen molar-refractivity contribution in [3.8, 4) is 0 Å². The van der Waals surface area contributed by atoms with Crippen molar-refractivity contribution in [3.05, 3.63) is 53.3 Å². The topological polar surface area (TPSA) is 17.8 Å². The first-order valence-corrected chi connectivity index (χ1v) is 6.33. The lowest BCUT2D eigenvalue weighted by Crippen LogP contribution is -2.06. The summed E-state index contributed by atoms with van der Waals surface area (Å²) in [6.07, 6.45) is 4.91. The molecule has 1 aromatic heterocycles. The van der Waals surface area contributed by atoms with Crippen LogP contribution in [0.25, 0.3) is 0 Å². The van der Waals surface area contributed by atoms with Gasteiger partial charge in [-0.3, -0.25) is 4.68 Å². The molecule has 1 heterocycles. The van der Waals surface area contributed by atoms with Gasteiger partial charge in [0.2, 0.25) is 0 Å². The second-order valence-electron chi connectivity index (χ2n) is 4.43. The smallest absolute Gasteiger partial charge is 0.0521 e. The van der Waals surface area contributed by atoms with E-state index in [-0.39, 0.29) is 0 Å². The Kier molecular flexibility index (Phi) is 3.85. The third-order valence-electron chi connectivity index (χ3n) is 3.06. The van der Waals surface area contributed by atoms with Gasteiger partial charge < -0.3 is 0 Å². The van der Waals surface area contributed by atoms with Crippen LogP contribution >= 0.6 is 11.6 Å². The molecule has 17 heavy (non-hydrogen) atoms. The Morgan fingerprint density at radius 1 is 1.35 bits per heavy atom. The maximum Gasteiger partial charge on any atom is 0.0521 e. The van der Waals surface area contributed by atoms with E-state index >= 15 is 0 Å². The average Bonchev–Trinajstić information content (AvgIpc) is 2.73. The summed E-state index contributed by atoms with van der Waals surface area (Å²) in [6, 6.07) is 8.44. The summed E-state index contributed by atoms with van der Waals surface area (Å²) in [4.78, 5) is 0. The fourth-order valence-corrected chi connectivity index (χ4v) is 2.43. The number of aryl methyl sites for hydroxylation is 2. The van der Waals surface area contributed by atoms with Gasteiger partial charge in [0.25, 0.3) is 0 Å². The minimum absolute atomic E-state index is 0.363. The Morgan fingerprint density at radius 3 is 2.71 bits per heavy atom. The quantitative estimate of drug-likeness (QED) is 0.760. The van der Waals surface area contributed by atoms with Crippen molar-refractivity contribution in [1.82, 2.24) is 9.78 Å². The van der Waals surface area contributed by atoms with E-state index in [2.05, 4.69) is 42.5 Å². The highest BCUT2D eigenvalue weighted by molar-refractivity contribution is 6.18. The van der Waals surface area contributed by atoms with Crippen molar-refractivity contribution in [2.24, 2.45) is 7.05 Å². The summed E-state index contributed by atoms with van der Waals surface area (Å²) in [5.41, 5.74) is 3.88. The molecule has 0 aliphatic carbocycles. The number of aromatic nitrogens is 2. The van der Waals surface area contributed by atoms with E-state index < -0.39 is 0 Å². The van der Waals surface area contributed by atoms with Gasteiger partial charge in [0.05, 0.1) is 6.20 Å². The minimum Gasteiger partial charge on any atom is -0.276 e. The fraction of sp³-hybridized carbons (Fsp3) is 0.357. The minimum atomic E-state index is 0.363. The highest BCUT2D eigenvalue weighted by atomic mass is 35.5. The van der Waals surface area contributed by atoms with Gasteiger partial charge >= 0.3 is 0 Å². The van der Waals surface area contributed by atoms with Crippen molar-refractivity contribution in [2.45, 2.75) is 19.3 Å². The third-order valence-corrected chi connectivity index (χ3v) is 3.43. The Morgan fingerprint density at radius 2 is 2.12 bits per heavy atom. The predicted molar refractivity (Wildman–Crippen MR) is 71.6 cm³/mol. The number of nitrogens with zero attached hydrogens (tertiary/aromatic N) is 2. The van der Waals surface area contributed by atoms with Gasteiger partial charge in [-0.15, -0.1) is 11.6 Å². The van der Waals surface area contributed by atoms with Crippen LogP contribution in [-0.2, 0) is 13.5 Å². The molecule has 0 bridgehead atoms. The highest BCUT2D eigenvalue weighted by Gasteiger charge is 2.13. The Balaban J connectivity index is 2.20. The number of hydrogen-bond acceptors (Lipinski definition) is 1. The van der Waals surface area contributed by atoms with E-state index in [1.165, 1.54) is 16.7 Å². The van der Waals surface area contributed by atoms with Gasteiger partial charge in [-0.25, -0.2) is 0 Å². The van der Waals surface area contributed by atoms with Crippen LogP contribution in [0.2, 0.25) is 0 Å². The lowest BCUT2D eigenvalue weighted by Gasteiger charge is -2.15. The SMILES string of the molecule is Cc1ccccc1C(CCl)Cc1cnn(C)c1. The molecule has 1 aromatic carbocycles. The molecule has 90 valence electrons. The number of benzene rings is 1. The monoisotopic (exact) mass is 248 g/mol. The molecule has 3 heteroatoms. The van der Waals surface area contributed by atoms with Crippen molar-refractivity contribution in [3.63, 3.8) is 0 Å². The maximum atomic E-state index is 6.10. The zero-order valence-corrected chi connectivity index (χ0v) is 11.0. The zero-order valence-electron chi connectivity index (χ0n) is 10.2. The largest absolute Gasteiger partial charge is 0.276 e. The first kappa shape index (κ1) is 12.2. The average molecular weight is 249 g/mol. The standard InChI is InChI=1S/C14H17ClN2/c1-11-5-3-4-6-14(11)13(8-15)7-12-9-16-17(2)10-12/h3-6,9-10,13H,7-8H2,1-2H3. The summed E-state index contributed by atoms with van der Waals surface area (Å²) < 4.78 is 1.83. The van der Waals surface area contributed by atoms with Crippen LogP contribution in [0.1, 0.15) is 22.6 Å². The van der Waals surface area contributed by atoms with E-state index in [4.69, 9.17) is 11.6 Å². The lowest BCUT2D eigenvalue weighted by molar-refractivity contribution is 0.751. The van der Waals surface area contributed by atoms with Gasteiger partial charge in [-0.05, 0) is 30.0 Å². The summed E-state index contributed by atoms with van der Waals surface area (Å²) in [5, 5.41) is 4.19. The van der Waals surface area contributed by atoms with Crippen molar-refractivity contribution >= 4 is 11.6 Å². The second-order valence-corrected chi connectivity index (χ2v) is 4.74. The van der Waals surface area contributed by atoms with Gasteiger partial charge in [0.15, 0.2) is 0 Å². The van der Waals surface area contributed by atoms with Crippen molar-refractivity contribution in [1.29, 1.82) is 0 Å². The van der Waals surface area contributed by atoms with Gasteiger partial charge in [0.1, 0.15) is 0 Å². The van der Waals surface area contributed by atoms with Crippen LogP contribution in [0.3, 0.4) is 0 Å². The second kappa shape index (κ2) is 5.37. The Hall–Kier alpha value is -1.28. The fourth-order valence-electron chi connectivity index (χ4n) is 2.15. The molecule has 0 aliphatic rings. The molecule has 1 unspecified atom stereocenters. The van der Waals surface area contributed by atoms with Gasteiger partial charge in [-0.1, -0.05) is 24.3 Å². The van der Waals surface area contributed by atoms with Crippen LogP contribution in [0.5, 0.6) is 0 Å². The Labute approximate surface area is 107 Å². The molecule has 1 atom stereocenters. The van der Waals surface area contributed by atoms with Crippen LogP contribution in [-0.4, -0.2) is 15.7 Å². The molecule has 0 saturated carbocycles. The summed E-state index contributed by atoms with van der Waals surface area (Å²) in [5.74, 6) is 1.00. The first-order chi connectivity index (χ1) is 8.20. The van der Waals surface area contributed by atoms with E-state index in [9.17, 15) is 0 Å². The summed E-state index contributed by atoms with van der Waals surface area (Å²) >= 11 is 6.10. The molecule has 0 aliphatic heterocycles. The maximum absolute atomic E-state index is 6.10. The number of halogens is 1. The van der Waals surface area contributed by atoms with Crippen LogP contribution in [0, 0.1) is 6.92 Å². The van der Waals surface area contributed by atoms with Crippen molar-refractivity contribution in [2.75, 3.05) is 5.88 Å². The number of hydrogen-bond donors (Lipinski definition) is 0. The third kappa shape index (κ3) is 2.89. The molecule has 2 aromatic rings. The van der Waals surface area contributed by atoms with Gasteiger partial charge in [0, 0.05) is 25.0 Å². The van der Waals surface area contributed by atoms with E-state index in [0.29, 0.717) is 11.8 Å². The van der Waals surface area contributed by atoms with Crippen LogP contribution in [0.4, 0.5) is 0 Å². The number of alkyl halides is 1. The molecule has 2 rings (SSSR count). The molecule has 0 radical (unpaired) electrons. The Bertz CT molecular complexity index is 490. The molecule has 0 fully saturated rings. The number of rotatable bonds is 4. The molecule has 0 saturated heterocycles. The summed E-state index contributed by atoms with van der Waals surface area (Å²) in [6.45, 7) is 2.14. The summed E-state index contributed by atoms with van der Waals surface area (Å²) in [7, 11) is 1.94. The molecular weight excluding hydrogens is 232 g/mol. The highest BCUT2D eigenvalue weighted by Crippen LogP contribution is 2.24. The molecule has 0 spiro atoms. The van der Waals surface area contributed by atoms with E-state index in [1.54, 1.807) is 0 Å². The van der Waals surface area contributed by atoms with Crippen molar-refractivity contribution < 1.29 is 0 Å². The predicted octanol–water partition coefficient (Wildman–Crippen LogP) is 3.29. The van der Waals surface area contributed by atoms with Crippen LogP contribution in [0.15, 0.2) is 36.7 Å². The zero-order chi connectivity index (χ0) is 12.3. The normalized spacial score (nSPS) is 12.6. The van der Waals surface area contributed by atoms with E-state index in [0.717, 1.165) is 6.42 Å². The molecule has 0 N–H and O–H groups in total.